The van der Waals surface area contributed by atoms with E-state index >= 15 is 0 Å². The number of hydrogen-bond donors (Lipinski definition) is 0. The highest BCUT2D eigenvalue weighted by Crippen LogP contribution is 2.18. The smallest absolute Gasteiger partial charge is 0.224 e. The fourth-order valence-electron chi connectivity index (χ4n) is 3.69. The predicted molar refractivity (Wildman–Crippen MR) is 101 cm³/mol. The van der Waals surface area contributed by atoms with Crippen molar-refractivity contribution in [1.29, 1.82) is 0 Å². The molecule has 1 aromatic carbocycles. The van der Waals surface area contributed by atoms with E-state index in [1.807, 2.05) is 40.5 Å². The molecule has 2 aromatic heterocycles. The van der Waals surface area contributed by atoms with Crippen LogP contribution in [0, 0.1) is 6.92 Å². The van der Waals surface area contributed by atoms with Crippen molar-refractivity contribution in [3.05, 3.63) is 42.2 Å². The summed E-state index contributed by atoms with van der Waals surface area (Å²) >= 11 is 0. The van der Waals surface area contributed by atoms with Crippen molar-refractivity contribution < 1.29 is 4.79 Å². The number of benzene rings is 1. The van der Waals surface area contributed by atoms with E-state index in [0.717, 1.165) is 42.9 Å². The van der Waals surface area contributed by atoms with E-state index in [-0.39, 0.29) is 5.91 Å². The van der Waals surface area contributed by atoms with Gasteiger partial charge in [-0.3, -0.25) is 14.2 Å². The van der Waals surface area contributed by atoms with Gasteiger partial charge in [0.25, 0.3) is 0 Å². The summed E-state index contributed by atoms with van der Waals surface area (Å²) in [5.74, 6) is 0.197. The molecule has 0 atom stereocenters. The van der Waals surface area contributed by atoms with Gasteiger partial charge < -0.3 is 9.80 Å². The molecular formula is C19H24N6O. The lowest BCUT2D eigenvalue weighted by atomic mass is 10.2. The Morgan fingerprint density at radius 2 is 1.85 bits per heavy atom. The summed E-state index contributed by atoms with van der Waals surface area (Å²) in [5.41, 5.74) is 4.20. The first-order valence-corrected chi connectivity index (χ1v) is 9.06. The Morgan fingerprint density at radius 3 is 2.58 bits per heavy atom. The van der Waals surface area contributed by atoms with Gasteiger partial charge in [-0.05, 0) is 19.1 Å². The van der Waals surface area contributed by atoms with Crippen molar-refractivity contribution >= 4 is 22.6 Å². The number of fused-ring (bicyclic) bond motifs is 1. The third-order valence-corrected chi connectivity index (χ3v) is 5.10. The number of anilines is 1. The van der Waals surface area contributed by atoms with Crippen LogP contribution in [0.3, 0.4) is 0 Å². The van der Waals surface area contributed by atoms with E-state index in [1.54, 1.807) is 0 Å². The van der Waals surface area contributed by atoms with Crippen LogP contribution in [0.15, 0.2) is 36.5 Å². The van der Waals surface area contributed by atoms with Crippen LogP contribution < -0.4 is 4.90 Å². The topological polar surface area (TPSA) is 59.2 Å². The van der Waals surface area contributed by atoms with Crippen molar-refractivity contribution in [3.63, 3.8) is 0 Å². The van der Waals surface area contributed by atoms with Gasteiger partial charge in [0.05, 0.1) is 18.4 Å². The van der Waals surface area contributed by atoms with Crippen molar-refractivity contribution in [2.45, 2.75) is 19.9 Å². The maximum atomic E-state index is 12.6. The summed E-state index contributed by atoms with van der Waals surface area (Å²) in [6.07, 6.45) is 2.29. The highest BCUT2D eigenvalue weighted by molar-refractivity contribution is 5.79. The summed E-state index contributed by atoms with van der Waals surface area (Å²) < 4.78 is 3.73. The molecule has 0 N–H and O–H groups in total. The lowest BCUT2D eigenvalue weighted by Crippen LogP contribution is -2.48. The maximum absolute atomic E-state index is 12.6. The summed E-state index contributed by atoms with van der Waals surface area (Å²) in [6.45, 7) is 5.87. The minimum absolute atomic E-state index is 0.197. The van der Waals surface area contributed by atoms with Crippen molar-refractivity contribution in [1.82, 2.24) is 24.5 Å². The zero-order valence-corrected chi connectivity index (χ0v) is 15.3. The molecule has 7 nitrogen and oxygen atoms in total. The number of piperazine rings is 1. The zero-order valence-electron chi connectivity index (χ0n) is 15.3. The molecule has 0 unspecified atom stereocenters. The molecule has 1 fully saturated rings. The Labute approximate surface area is 152 Å². The molecule has 1 saturated heterocycles. The number of carbonyl (C=O) groups is 1. The Hall–Kier alpha value is -2.83. The number of carbonyl (C=O) groups excluding carboxylic acids is 1. The first-order chi connectivity index (χ1) is 12.6. The summed E-state index contributed by atoms with van der Waals surface area (Å²) in [6, 6.07) is 10.4. The van der Waals surface area contributed by atoms with E-state index in [2.05, 4.69) is 39.4 Å². The van der Waals surface area contributed by atoms with Gasteiger partial charge >= 0.3 is 0 Å². The van der Waals surface area contributed by atoms with Gasteiger partial charge in [-0.2, -0.15) is 10.2 Å². The second-order valence-electron chi connectivity index (χ2n) is 6.76. The van der Waals surface area contributed by atoms with Gasteiger partial charge in [-0.1, -0.05) is 18.2 Å². The first-order valence-electron chi connectivity index (χ1n) is 9.06. The Morgan fingerprint density at radius 1 is 1.12 bits per heavy atom. The molecule has 0 radical (unpaired) electrons. The van der Waals surface area contributed by atoms with Gasteiger partial charge in [-0.15, -0.1) is 0 Å². The molecule has 0 saturated carbocycles. The number of amides is 1. The molecule has 1 aliphatic rings. The van der Waals surface area contributed by atoms with Crippen molar-refractivity contribution in [2.75, 3.05) is 31.1 Å². The van der Waals surface area contributed by atoms with E-state index in [1.165, 1.54) is 5.69 Å². The summed E-state index contributed by atoms with van der Waals surface area (Å²) in [4.78, 5) is 16.9. The van der Waals surface area contributed by atoms with Crippen LogP contribution in [0.25, 0.3) is 11.0 Å². The Balaban J connectivity index is 1.34. The molecule has 26 heavy (non-hydrogen) atoms. The van der Waals surface area contributed by atoms with Crippen molar-refractivity contribution in [3.8, 4) is 0 Å². The molecule has 0 spiro atoms. The Kier molecular flexibility index (Phi) is 4.36. The third-order valence-electron chi connectivity index (χ3n) is 5.10. The van der Waals surface area contributed by atoms with Gasteiger partial charge in [0, 0.05) is 45.3 Å². The number of nitrogens with zero attached hydrogens (tertiary/aromatic N) is 6. The highest BCUT2D eigenvalue weighted by Gasteiger charge is 2.21. The monoisotopic (exact) mass is 352 g/mol. The van der Waals surface area contributed by atoms with E-state index in [9.17, 15) is 4.79 Å². The maximum Gasteiger partial charge on any atom is 0.224 e. The second kappa shape index (κ2) is 6.82. The fourth-order valence-corrected chi connectivity index (χ4v) is 3.69. The largest absolute Gasteiger partial charge is 0.368 e. The number of aromatic nitrogens is 4. The van der Waals surface area contributed by atoms with Crippen molar-refractivity contribution in [2.24, 2.45) is 7.05 Å². The molecule has 0 bridgehead atoms. The molecule has 0 aliphatic carbocycles. The fraction of sp³-hybridized carbons (Fsp3) is 0.421. The minimum atomic E-state index is 0.197. The zero-order chi connectivity index (χ0) is 18.1. The molecule has 1 aliphatic heterocycles. The molecule has 3 aromatic rings. The highest BCUT2D eigenvalue weighted by atomic mass is 16.2. The van der Waals surface area contributed by atoms with Gasteiger partial charge in [0.15, 0.2) is 0 Å². The lowest BCUT2D eigenvalue weighted by Gasteiger charge is -2.36. The molecular weight excluding hydrogens is 328 g/mol. The third kappa shape index (κ3) is 3.05. The predicted octanol–water partition coefficient (Wildman–Crippen LogP) is 1.82. The molecule has 1 amide bonds. The van der Waals surface area contributed by atoms with E-state index < -0.39 is 0 Å². The normalized spacial score (nSPS) is 15.0. The van der Waals surface area contributed by atoms with Crippen LogP contribution in [0.2, 0.25) is 0 Å². The number of rotatable bonds is 4. The second-order valence-corrected chi connectivity index (χ2v) is 6.76. The number of hydrogen-bond acceptors (Lipinski definition) is 4. The van der Waals surface area contributed by atoms with Gasteiger partial charge in [0.2, 0.25) is 5.91 Å². The molecule has 3 heterocycles. The van der Waals surface area contributed by atoms with Gasteiger partial charge in [0.1, 0.15) is 11.0 Å². The summed E-state index contributed by atoms with van der Waals surface area (Å²) in [7, 11) is 1.92. The quantitative estimate of drug-likeness (QED) is 0.719. The first kappa shape index (κ1) is 16.6. The van der Waals surface area contributed by atoms with Crippen LogP contribution >= 0.6 is 0 Å². The average Bonchev–Trinajstić information content (AvgIpc) is 3.22. The van der Waals surface area contributed by atoms with E-state index in [0.29, 0.717) is 13.0 Å². The standard InChI is InChI=1S/C19H24N6O/c1-15-19-17(22(2)21-15)14-20-25(19)9-8-18(26)24-12-10-23(11-13-24)16-6-4-3-5-7-16/h3-7,14H,8-13H2,1-2H3. The average molecular weight is 352 g/mol. The minimum Gasteiger partial charge on any atom is -0.368 e. The SMILES string of the molecule is Cc1nn(C)c2cnn(CCC(=O)N3CCN(c4ccccc4)CC3)c12. The lowest BCUT2D eigenvalue weighted by molar-refractivity contribution is -0.131. The molecule has 7 heteroatoms. The summed E-state index contributed by atoms with van der Waals surface area (Å²) in [5, 5.41) is 8.84. The van der Waals surface area contributed by atoms with Gasteiger partial charge in [-0.25, -0.2) is 0 Å². The number of para-hydroxylation sites is 1. The van der Waals surface area contributed by atoms with Crippen LogP contribution in [0.1, 0.15) is 12.1 Å². The van der Waals surface area contributed by atoms with Crippen LogP contribution in [0.4, 0.5) is 5.69 Å². The van der Waals surface area contributed by atoms with Crippen LogP contribution in [-0.4, -0.2) is 56.5 Å². The Bertz CT molecular complexity index is 905. The van der Waals surface area contributed by atoms with Crippen LogP contribution in [0.5, 0.6) is 0 Å². The molecule has 136 valence electrons. The van der Waals surface area contributed by atoms with Crippen LogP contribution in [-0.2, 0) is 18.4 Å². The number of aryl methyl sites for hydroxylation is 3. The van der Waals surface area contributed by atoms with E-state index in [4.69, 9.17) is 0 Å². The molecule has 4 rings (SSSR count).